The SMILES string of the molecule is CS(=O)(=O)Oc1ccc(C(=NNC(=O)Nc2ccc(Cl)cc2)c2ccccc2)cc1. The van der Waals surface area contributed by atoms with Gasteiger partial charge >= 0.3 is 16.1 Å². The van der Waals surface area contributed by atoms with Crippen LogP contribution in [0.1, 0.15) is 11.1 Å². The van der Waals surface area contributed by atoms with E-state index in [9.17, 15) is 13.2 Å². The average molecular weight is 444 g/mol. The molecular formula is C21H18ClN3O4S. The molecule has 9 heteroatoms. The molecule has 2 N–H and O–H groups in total. The number of hydrogen-bond acceptors (Lipinski definition) is 5. The van der Waals surface area contributed by atoms with Crippen molar-refractivity contribution in [2.75, 3.05) is 11.6 Å². The van der Waals surface area contributed by atoms with Gasteiger partial charge in [-0.25, -0.2) is 10.2 Å². The van der Waals surface area contributed by atoms with Gasteiger partial charge in [0.15, 0.2) is 0 Å². The Hall–Kier alpha value is -3.36. The Morgan fingerprint density at radius 3 is 2.10 bits per heavy atom. The molecule has 3 aromatic rings. The summed E-state index contributed by atoms with van der Waals surface area (Å²) in [5.41, 5.74) is 4.96. The lowest BCUT2D eigenvalue weighted by Crippen LogP contribution is -2.26. The van der Waals surface area contributed by atoms with Crippen molar-refractivity contribution in [2.24, 2.45) is 5.10 Å². The summed E-state index contributed by atoms with van der Waals surface area (Å²) in [6, 6.07) is 21.7. The predicted octanol–water partition coefficient (Wildman–Crippen LogP) is 4.25. The minimum absolute atomic E-state index is 0.183. The number of amides is 2. The van der Waals surface area contributed by atoms with E-state index >= 15 is 0 Å². The number of carbonyl (C=O) groups is 1. The highest BCUT2D eigenvalue weighted by molar-refractivity contribution is 7.86. The van der Waals surface area contributed by atoms with Crippen LogP contribution in [0.2, 0.25) is 5.02 Å². The molecule has 2 amide bonds. The van der Waals surface area contributed by atoms with Gasteiger partial charge in [0.25, 0.3) is 0 Å². The Morgan fingerprint density at radius 1 is 0.900 bits per heavy atom. The molecular weight excluding hydrogens is 426 g/mol. The third-order valence-corrected chi connectivity index (χ3v) is 4.54. The van der Waals surface area contributed by atoms with Gasteiger partial charge < -0.3 is 9.50 Å². The first-order chi connectivity index (χ1) is 14.3. The number of urea groups is 1. The standard InChI is InChI=1S/C21H18ClN3O4S/c1-30(27,28)29-19-13-7-16(8-14-19)20(15-5-3-2-4-6-15)24-25-21(26)23-18-11-9-17(22)10-12-18/h2-14H,1H3,(H2,23,25,26). The Balaban J connectivity index is 1.82. The normalized spacial score (nSPS) is 11.6. The molecule has 0 saturated carbocycles. The van der Waals surface area contributed by atoms with E-state index in [0.717, 1.165) is 11.8 Å². The van der Waals surface area contributed by atoms with Crippen molar-refractivity contribution in [3.05, 3.63) is 95.0 Å². The molecule has 0 atom stereocenters. The molecule has 3 rings (SSSR count). The number of hydrogen-bond donors (Lipinski definition) is 2. The van der Waals surface area contributed by atoms with Crippen molar-refractivity contribution in [1.29, 1.82) is 0 Å². The third-order valence-electron chi connectivity index (χ3n) is 3.79. The maximum absolute atomic E-state index is 12.2. The first-order valence-electron chi connectivity index (χ1n) is 8.76. The Kier molecular flexibility index (Phi) is 6.71. The number of benzene rings is 3. The molecule has 0 spiro atoms. The molecule has 7 nitrogen and oxygen atoms in total. The second-order valence-electron chi connectivity index (χ2n) is 6.21. The lowest BCUT2D eigenvalue weighted by Gasteiger charge is -2.10. The van der Waals surface area contributed by atoms with Crippen LogP contribution >= 0.6 is 11.6 Å². The lowest BCUT2D eigenvalue weighted by atomic mass is 10.0. The maximum atomic E-state index is 12.2. The highest BCUT2D eigenvalue weighted by Gasteiger charge is 2.10. The minimum atomic E-state index is -3.62. The molecule has 3 aromatic carbocycles. The fourth-order valence-electron chi connectivity index (χ4n) is 2.53. The van der Waals surface area contributed by atoms with E-state index in [4.69, 9.17) is 15.8 Å². The Morgan fingerprint density at radius 2 is 1.50 bits per heavy atom. The molecule has 0 fully saturated rings. The Labute approximate surface area is 179 Å². The monoisotopic (exact) mass is 443 g/mol. The van der Waals surface area contributed by atoms with Gasteiger partial charge in [-0.15, -0.1) is 0 Å². The van der Waals surface area contributed by atoms with Crippen LogP contribution in [-0.2, 0) is 10.1 Å². The van der Waals surface area contributed by atoms with Gasteiger partial charge in [0, 0.05) is 21.8 Å². The zero-order valence-electron chi connectivity index (χ0n) is 15.9. The second-order valence-corrected chi connectivity index (χ2v) is 8.22. The summed E-state index contributed by atoms with van der Waals surface area (Å²) in [7, 11) is -3.62. The van der Waals surface area contributed by atoms with E-state index < -0.39 is 16.1 Å². The number of nitrogens with one attached hydrogen (secondary N) is 2. The largest absolute Gasteiger partial charge is 0.383 e. The van der Waals surface area contributed by atoms with Crippen LogP contribution in [0.3, 0.4) is 0 Å². The fraction of sp³-hybridized carbons (Fsp3) is 0.0476. The molecule has 0 aliphatic carbocycles. The first-order valence-corrected chi connectivity index (χ1v) is 11.0. The van der Waals surface area contributed by atoms with Crippen molar-refractivity contribution >= 4 is 39.1 Å². The molecule has 0 aliphatic heterocycles. The van der Waals surface area contributed by atoms with Gasteiger partial charge in [-0.3, -0.25) is 0 Å². The summed E-state index contributed by atoms with van der Waals surface area (Å²) in [6.45, 7) is 0. The van der Waals surface area contributed by atoms with Crippen molar-refractivity contribution in [1.82, 2.24) is 5.43 Å². The van der Waals surface area contributed by atoms with Crippen LogP contribution in [-0.4, -0.2) is 26.4 Å². The predicted molar refractivity (Wildman–Crippen MR) is 118 cm³/mol. The first kappa shape index (κ1) is 21.4. The molecule has 154 valence electrons. The zero-order chi connectivity index (χ0) is 21.6. The van der Waals surface area contributed by atoms with E-state index in [-0.39, 0.29) is 5.75 Å². The maximum Gasteiger partial charge on any atom is 0.339 e. The molecule has 0 bridgehead atoms. The second kappa shape index (κ2) is 9.43. The summed E-state index contributed by atoms with van der Waals surface area (Å²) in [4.78, 5) is 12.2. The van der Waals surface area contributed by atoms with Crippen LogP contribution in [0.15, 0.2) is 84.0 Å². The number of hydrazone groups is 1. The van der Waals surface area contributed by atoms with Crippen LogP contribution in [0, 0.1) is 0 Å². The van der Waals surface area contributed by atoms with E-state index in [2.05, 4.69) is 15.8 Å². The number of anilines is 1. The molecule has 0 aliphatic rings. The topological polar surface area (TPSA) is 96.9 Å². The highest BCUT2D eigenvalue weighted by atomic mass is 35.5. The fourth-order valence-corrected chi connectivity index (χ4v) is 3.12. The number of halogens is 1. The van der Waals surface area contributed by atoms with Crippen molar-refractivity contribution in [3.8, 4) is 5.75 Å². The summed E-state index contributed by atoms with van der Waals surface area (Å²) >= 11 is 5.84. The highest BCUT2D eigenvalue weighted by Crippen LogP contribution is 2.17. The molecule has 0 aromatic heterocycles. The van der Waals surface area contributed by atoms with Crippen LogP contribution in [0.25, 0.3) is 0 Å². The molecule has 30 heavy (non-hydrogen) atoms. The summed E-state index contributed by atoms with van der Waals surface area (Å²) in [5, 5.41) is 7.47. The summed E-state index contributed by atoms with van der Waals surface area (Å²) in [6.07, 6.45) is 0.973. The van der Waals surface area contributed by atoms with Gasteiger partial charge in [-0.1, -0.05) is 41.9 Å². The van der Waals surface area contributed by atoms with Crippen LogP contribution in [0.5, 0.6) is 5.75 Å². The van der Waals surface area contributed by atoms with Crippen molar-refractivity contribution in [2.45, 2.75) is 0 Å². The van der Waals surface area contributed by atoms with Gasteiger partial charge in [0.2, 0.25) is 0 Å². The molecule has 0 unspecified atom stereocenters. The van der Waals surface area contributed by atoms with E-state index in [1.54, 1.807) is 36.4 Å². The minimum Gasteiger partial charge on any atom is -0.383 e. The smallest absolute Gasteiger partial charge is 0.339 e. The summed E-state index contributed by atoms with van der Waals surface area (Å²) in [5.74, 6) is 0.183. The quantitative estimate of drug-likeness (QED) is 0.338. The lowest BCUT2D eigenvalue weighted by molar-refractivity contribution is 0.252. The van der Waals surface area contributed by atoms with Gasteiger partial charge in [-0.2, -0.15) is 13.5 Å². The zero-order valence-corrected chi connectivity index (χ0v) is 17.4. The molecule has 0 radical (unpaired) electrons. The van der Waals surface area contributed by atoms with E-state index in [1.165, 1.54) is 12.1 Å². The Bertz CT molecular complexity index is 1150. The van der Waals surface area contributed by atoms with Gasteiger partial charge in [0.1, 0.15) is 5.75 Å². The molecule has 0 saturated heterocycles. The molecule has 0 heterocycles. The van der Waals surface area contributed by atoms with Crippen molar-refractivity contribution < 1.29 is 17.4 Å². The van der Waals surface area contributed by atoms with Crippen molar-refractivity contribution in [3.63, 3.8) is 0 Å². The number of nitrogens with zero attached hydrogens (tertiary/aromatic N) is 1. The average Bonchev–Trinajstić information content (AvgIpc) is 2.71. The summed E-state index contributed by atoms with van der Waals surface area (Å²) < 4.78 is 27.4. The van der Waals surface area contributed by atoms with Crippen LogP contribution < -0.4 is 14.9 Å². The third kappa shape index (κ3) is 6.33. The van der Waals surface area contributed by atoms with E-state index in [1.807, 2.05) is 30.3 Å². The van der Waals surface area contributed by atoms with Gasteiger partial charge in [0.05, 0.1) is 12.0 Å². The van der Waals surface area contributed by atoms with Gasteiger partial charge in [-0.05, 0) is 48.5 Å². The number of carbonyl (C=O) groups excluding carboxylic acids is 1. The number of rotatable bonds is 6. The van der Waals surface area contributed by atoms with E-state index in [0.29, 0.717) is 22.0 Å². The van der Waals surface area contributed by atoms with Crippen LogP contribution in [0.4, 0.5) is 10.5 Å².